The molecule has 0 aliphatic carbocycles. The lowest BCUT2D eigenvalue weighted by Crippen LogP contribution is -2.27. The molecular weight excluding hydrogens is 374 g/mol. The van der Waals surface area contributed by atoms with Crippen molar-refractivity contribution in [3.05, 3.63) is 40.6 Å². The third kappa shape index (κ3) is 4.00. The number of thioether (sulfide) groups is 1. The van der Waals surface area contributed by atoms with Crippen molar-refractivity contribution in [2.45, 2.75) is 11.6 Å². The first-order valence-electron chi connectivity index (χ1n) is 7.93. The van der Waals surface area contributed by atoms with Crippen molar-refractivity contribution in [1.82, 2.24) is 15.5 Å². The van der Waals surface area contributed by atoms with E-state index in [-0.39, 0.29) is 18.5 Å². The molecule has 134 valence electrons. The number of nitrogens with one attached hydrogen (secondary N) is 1. The third-order valence-corrected chi connectivity index (χ3v) is 5.38. The van der Waals surface area contributed by atoms with Gasteiger partial charge in [-0.3, -0.25) is 4.79 Å². The van der Waals surface area contributed by atoms with Crippen LogP contribution in [0.5, 0.6) is 11.5 Å². The largest absolute Gasteiger partial charge is 0.454 e. The Bertz CT molecular complexity index is 895. The minimum Gasteiger partial charge on any atom is -0.454 e. The lowest BCUT2D eigenvalue weighted by Gasteiger charge is -2.02. The van der Waals surface area contributed by atoms with Crippen molar-refractivity contribution in [2.24, 2.45) is 0 Å². The van der Waals surface area contributed by atoms with Crippen LogP contribution in [0.4, 0.5) is 0 Å². The van der Waals surface area contributed by atoms with Crippen LogP contribution < -0.4 is 14.8 Å². The van der Waals surface area contributed by atoms with Crippen LogP contribution in [0, 0.1) is 0 Å². The Balaban J connectivity index is 1.27. The minimum absolute atomic E-state index is 0.0608. The zero-order valence-electron chi connectivity index (χ0n) is 13.6. The number of benzene rings is 1. The van der Waals surface area contributed by atoms with Crippen molar-refractivity contribution < 1.29 is 18.7 Å². The highest BCUT2D eigenvalue weighted by Gasteiger charge is 2.17. The van der Waals surface area contributed by atoms with Gasteiger partial charge in [0.1, 0.15) is 0 Å². The molecule has 7 nitrogen and oxygen atoms in total. The van der Waals surface area contributed by atoms with Crippen LogP contribution in [0.3, 0.4) is 0 Å². The van der Waals surface area contributed by atoms with Crippen LogP contribution >= 0.6 is 23.1 Å². The van der Waals surface area contributed by atoms with E-state index < -0.39 is 0 Å². The zero-order valence-corrected chi connectivity index (χ0v) is 15.3. The molecule has 4 rings (SSSR count). The zero-order chi connectivity index (χ0) is 17.8. The standard InChI is InChI=1S/C17H15N3O4S2/c21-15(18-6-5-12-2-1-7-25-12)9-26-17-20-19-16(24-17)11-3-4-13-14(8-11)23-10-22-13/h1-4,7-8H,5-6,9-10H2,(H,18,21). The molecule has 9 heteroatoms. The van der Waals surface area contributed by atoms with E-state index in [1.165, 1.54) is 16.6 Å². The topological polar surface area (TPSA) is 86.5 Å². The fraction of sp³-hybridized carbons (Fsp3) is 0.235. The number of hydrogen-bond donors (Lipinski definition) is 1. The van der Waals surface area contributed by atoms with E-state index in [1.807, 2.05) is 17.5 Å². The second-order valence-electron chi connectivity index (χ2n) is 5.41. The Labute approximate surface area is 157 Å². The lowest BCUT2D eigenvalue weighted by atomic mass is 10.2. The number of amides is 1. The summed E-state index contributed by atoms with van der Waals surface area (Å²) in [5.74, 6) is 1.90. The van der Waals surface area contributed by atoms with Gasteiger partial charge >= 0.3 is 0 Å². The van der Waals surface area contributed by atoms with Crippen molar-refractivity contribution >= 4 is 29.0 Å². The molecule has 0 unspecified atom stereocenters. The maximum Gasteiger partial charge on any atom is 0.277 e. The Morgan fingerprint density at radius 3 is 3.04 bits per heavy atom. The summed E-state index contributed by atoms with van der Waals surface area (Å²) >= 11 is 2.90. The molecule has 1 amide bonds. The van der Waals surface area contributed by atoms with E-state index in [0.29, 0.717) is 29.2 Å². The van der Waals surface area contributed by atoms with Gasteiger partial charge in [-0.2, -0.15) is 0 Å². The average molecular weight is 389 g/mol. The van der Waals surface area contributed by atoms with Gasteiger partial charge in [0.05, 0.1) is 5.75 Å². The molecule has 2 aromatic heterocycles. The van der Waals surface area contributed by atoms with E-state index in [2.05, 4.69) is 21.6 Å². The van der Waals surface area contributed by atoms with Crippen LogP contribution in [0.15, 0.2) is 45.4 Å². The van der Waals surface area contributed by atoms with E-state index in [0.717, 1.165) is 12.0 Å². The second-order valence-corrected chi connectivity index (χ2v) is 7.37. The Kier molecular flexibility index (Phi) is 5.07. The molecule has 3 heterocycles. The predicted octanol–water partition coefficient (Wildman–Crippen LogP) is 2.98. The molecule has 3 aromatic rings. The van der Waals surface area contributed by atoms with Crippen molar-refractivity contribution in [2.75, 3.05) is 19.1 Å². The third-order valence-electron chi connectivity index (χ3n) is 3.63. The summed E-state index contributed by atoms with van der Waals surface area (Å²) in [4.78, 5) is 13.2. The molecule has 1 aliphatic rings. The second kappa shape index (κ2) is 7.79. The molecule has 0 bridgehead atoms. The maximum absolute atomic E-state index is 11.9. The number of carbonyl (C=O) groups excluding carboxylic acids is 1. The lowest BCUT2D eigenvalue weighted by molar-refractivity contribution is -0.118. The van der Waals surface area contributed by atoms with Crippen LogP contribution in [-0.2, 0) is 11.2 Å². The van der Waals surface area contributed by atoms with Gasteiger partial charge in [-0.05, 0) is 36.1 Å². The number of thiophene rings is 1. The highest BCUT2D eigenvalue weighted by molar-refractivity contribution is 7.99. The molecule has 1 aromatic carbocycles. The highest BCUT2D eigenvalue weighted by Crippen LogP contribution is 2.35. The summed E-state index contributed by atoms with van der Waals surface area (Å²) in [6.07, 6.45) is 0.836. The molecule has 0 saturated carbocycles. The van der Waals surface area contributed by atoms with Gasteiger partial charge in [-0.1, -0.05) is 17.8 Å². The van der Waals surface area contributed by atoms with Gasteiger partial charge in [0.15, 0.2) is 11.5 Å². The molecule has 0 radical (unpaired) electrons. The summed E-state index contributed by atoms with van der Waals surface area (Å²) in [6, 6.07) is 9.48. The maximum atomic E-state index is 11.9. The Morgan fingerprint density at radius 2 is 2.15 bits per heavy atom. The summed E-state index contributed by atoms with van der Waals surface area (Å²) < 4.78 is 16.2. The van der Waals surface area contributed by atoms with Crippen LogP contribution in [0.25, 0.3) is 11.5 Å². The van der Waals surface area contributed by atoms with Crippen LogP contribution in [0.1, 0.15) is 4.88 Å². The van der Waals surface area contributed by atoms with Gasteiger partial charge in [-0.15, -0.1) is 21.5 Å². The van der Waals surface area contributed by atoms with E-state index in [1.54, 1.807) is 23.5 Å². The number of fused-ring (bicyclic) bond motifs is 1. The normalized spacial score (nSPS) is 12.3. The van der Waals surface area contributed by atoms with E-state index >= 15 is 0 Å². The molecule has 1 N–H and O–H groups in total. The number of rotatable bonds is 7. The molecule has 0 spiro atoms. The Morgan fingerprint density at radius 1 is 1.23 bits per heavy atom. The summed E-state index contributed by atoms with van der Waals surface area (Å²) in [5, 5.41) is 13.3. The number of carbonyl (C=O) groups is 1. The first-order chi connectivity index (χ1) is 12.8. The first kappa shape index (κ1) is 16.9. The average Bonchev–Trinajstić information content (AvgIpc) is 3.40. The fourth-order valence-corrected chi connectivity index (χ4v) is 3.67. The quantitative estimate of drug-likeness (QED) is 0.622. The molecule has 1 aliphatic heterocycles. The number of ether oxygens (including phenoxy) is 2. The van der Waals surface area contributed by atoms with E-state index in [4.69, 9.17) is 13.9 Å². The Hall–Kier alpha value is -2.52. The van der Waals surface area contributed by atoms with E-state index in [9.17, 15) is 4.79 Å². The summed E-state index contributed by atoms with van der Waals surface area (Å²) in [7, 11) is 0. The molecule has 0 fully saturated rings. The van der Waals surface area contributed by atoms with Crippen molar-refractivity contribution in [3.63, 3.8) is 0 Å². The minimum atomic E-state index is -0.0608. The highest BCUT2D eigenvalue weighted by atomic mass is 32.2. The molecular formula is C17H15N3O4S2. The van der Waals surface area contributed by atoms with Gasteiger partial charge < -0.3 is 19.2 Å². The van der Waals surface area contributed by atoms with Crippen molar-refractivity contribution in [3.8, 4) is 23.0 Å². The SMILES string of the molecule is O=C(CSc1nnc(-c2ccc3c(c2)OCO3)o1)NCCc1cccs1. The monoisotopic (exact) mass is 389 g/mol. The smallest absolute Gasteiger partial charge is 0.277 e. The predicted molar refractivity (Wildman–Crippen MR) is 97.6 cm³/mol. The summed E-state index contributed by atoms with van der Waals surface area (Å²) in [5.41, 5.74) is 0.744. The first-order valence-corrected chi connectivity index (χ1v) is 9.80. The number of aromatic nitrogens is 2. The van der Waals surface area contributed by atoms with Gasteiger partial charge in [0.25, 0.3) is 5.22 Å². The number of hydrogen-bond acceptors (Lipinski definition) is 8. The van der Waals surface area contributed by atoms with Gasteiger partial charge in [0, 0.05) is 17.0 Å². The molecule has 0 saturated heterocycles. The molecule has 0 atom stereocenters. The summed E-state index contributed by atoms with van der Waals surface area (Å²) in [6.45, 7) is 0.831. The fourth-order valence-electron chi connectivity index (χ4n) is 2.37. The number of nitrogens with zero attached hydrogens (tertiary/aromatic N) is 2. The van der Waals surface area contributed by atoms with Crippen LogP contribution in [-0.4, -0.2) is 35.2 Å². The van der Waals surface area contributed by atoms with Crippen molar-refractivity contribution in [1.29, 1.82) is 0 Å². The van der Waals surface area contributed by atoms with Gasteiger partial charge in [0.2, 0.25) is 18.6 Å². The van der Waals surface area contributed by atoms with Gasteiger partial charge in [-0.25, -0.2) is 0 Å². The van der Waals surface area contributed by atoms with Crippen LogP contribution in [0.2, 0.25) is 0 Å². The molecule has 26 heavy (non-hydrogen) atoms.